The molecule has 3 bridgehead atoms. The first-order valence-corrected chi connectivity index (χ1v) is 23.6. The maximum atomic E-state index is 6.44. The minimum Gasteiger partial charge on any atom is -0.456 e. The molecule has 9 aromatic carbocycles. The van der Waals surface area contributed by atoms with Gasteiger partial charge in [-0.3, -0.25) is 0 Å². The maximum absolute atomic E-state index is 6.44. The Morgan fingerprint density at radius 1 is 0.446 bits per heavy atom. The Hall–Kier alpha value is -7.36. The zero-order chi connectivity index (χ0) is 42.4. The summed E-state index contributed by atoms with van der Waals surface area (Å²) >= 11 is 0. The van der Waals surface area contributed by atoms with Crippen molar-refractivity contribution < 1.29 is 4.42 Å². The first kappa shape index (κ1) is 36.0. The van der Waals surface area contributed by atoms with Gasteiger partial charge in [0.15, 0.2) is 0 Å². The lowest BCUT2D eigenvalue weighted by molar-refractivity contribution is -0.207. The smallest absolute Gasteiger partial charge is 0.137 e. The summed E-state index contributed by atoms with van der Waals surface area (Å²) in [7, 11) is 0. The average molecular weight is 835 g/mol. The summed E-state index contributed by atoms with van der Waals surface area (Å²) < 4.78 is 8.87. The number of rotatable bonds is 7. The van der Waals surface area contributed by atoms with Crippen LogP contribution in [-0.2, 0) is 5.41 Å². The number of hydrogen-bond acceptors (Lipinski definition) is 2. The molecule has 0 radical (unpaired) electrons. The Morgan fingerprint density at radius 2 is 1.11 bits per heavy atom. The van der Waals surface area contributed by atoms with Gasteiger partial charge in [0.1, 0.15) is 11.2 Å². The number of hydrogen-bond donors (Lipinski definition) is 0. The Labute approximate surface area is 378 Å². The standard InChI is InChI=1S/C62H46N2O/c1-2-9-45-33-58-55(32-44(45)8-1)52-12-3-5-14-57(52)64(58)50-11-7-10-43(31-50)42-20-26-49(27-21-42)63(51-28-29-54-53-13-4-6-15-59(53)65-60(54)34-51)48-24-18-41(19-25-48)40-16-22-47(23-17-40)61-35-39-30-46-37-62(61,36-39)56(46)38-61/h1-29,31-34,39,46,56H,30,35-38H2/t39-,46?,56+,61?,62+/m0/s1. The molecule has 0 aliphatic heterocycles. The van der Waals surface area contributed by atoms with E-state index in [2.05, 4.69) is 204 Å². The fourth-order valence-electron chi connectivity index (χ4n) is 14.2. The first-order chi connectivity index (χ1) is 32.1. The molecule has 5 atom stereocenters. The van der Waals surface area contributed by atoms with Crippen LogP contribution in [0.5, 0.6) is 0 Å². The fourth-order valence-corrected chi connectivity index (χ4v) is 14.2. The molecule has 5 aliphatic rings. The lowest BCUT2D eigenvalue weighted by Crippen LogP contribution is -2.68. The van der Waals surface area contributed by atoms with Gasteiger partial charge in [-0.15, -0.1) is 0 Å². The second-order valence-electron chi connectivity index (χ2n) is 19.9. The van der Waals surface area contributed by atoms with Crippen molar-refractivity contribution in [3.63, 3.8) is 0 Å². The molecule has 2 unspecified atom stereocenters. The zero-order valence-electron chi connectivity index (χ0n) is 36.1. The zero-order valence-corrected chi connectivity index (χ0v) is 36.1. The average Bonchev–Trinajstić information content (AvgIpc) is 3.90. The molecular weight excluding hydrogens is 789 g/mol. The highest BCUT2D eigenvalue weighted by Crippen LogP contribution is 2.85. The third-order valence-electron chi connectivity index (χ3n) is 17.0. The summed E-state index contributed by atoms with van der Waals surface area (Å²) in [5, 5.41) is 7.31. The molecule has 16 rings (SSSR count). The van der Waals surface area contributed by atoms with E-state index in [0.29, 0.717) is 10.8 Å². The summed E-state index contributed by atoms with van der Waals surface area (Å²) in [5.74, 6) is 3.03. The molecule has 2 aromatic heterocycles. The lowest BCUT2D eigenvalue weighted by atomic mass is 9.31. The van der Waals surface area contributed by atoms with Gasteiger partial charge in [0.05, 0.1) is 11.0 Å². The molecule has 1 spiro atoms. The molecule has 3 nitrogen and oxygen atoms in total. The van der Waals surface area contributed by atoms with E-state index in [1.807, 2.05) is 6.07 Å². The van der Waals surface area contributed by atoms with Crippen LogP contribution in [0.15, 0.2) is 205 Å². The van der Waals surface area contributed by atoms with Crippen molar-refractivity contribution in [2.24, 2.45) is 23.2 Å². The highest BCUT2D eigenvalue weighted by molar-refractivity contribution is 6.13. The molecule has 65 heavy (non-hydrogen) atoms. The van der Waals surface area contributed by atoms with E-state index in [4.69, 9.17) is 4.42 Å². The molecule has 11 aromatic rings. The maximum Gasteiger partial charge on any atom is 0.137 e. The van der Waals surface area contributed by atoms with Crippen molar-refractivity contribution in [2.75, 3.05) is 4.90 Å². The van der Waals surface area contributed by atoms with Crippen molar-refractivity contribution in [1.82, 2.24) is 4.57 Å². The second-order valence-corrected chi connectivity index (χ2v) is 19.9. The van der Waals surface area contributed by atoms with Gasteiger partial charge in [0, 0.05) is 55.8 Å². The van der Waals surface area contributed by atoms with E-state index >= 15 is 0 Å². The van der Waals surface area contributed by atoms with E-state index in [1.54, 1.807) is 5.56 Å². The van der Waals surface area contributed by atoms with Gasteiger partial charge in [-0.2, -0.15) is 0 Å². The normalized spacial score (nSPS) is 22.7. The quantitative estimate of drug-likeness (QED) is 0.159. The molecule has 0 saturated heterocycles. The highest BCUT2D eigenvalue weighted by atomic mass is 16.3. The third-order valence-corrected chi connectivity index (χ3v) is 17.0. The number of benzene rings is 9. The van der Waals surface area contributed by atoms with Crippen LogP contribution in [0.2, 0.25) is 0 Å². The van der Waals surface area contributed by atoms with Gasteiger partial charge in [0.25, 0.3) is 0 Å². The van der Waals surface area contributed by atoms with Gasteiger partial charge in [-0.05, 0) is 167 Å². The van der Waals surface area contributed by atoms with E-state index in [1.165, 1.54) is 86.9 Å². The number of aromatic nitrogens is 1. The highest BCUT2D eigenvalue weighted by Gasteiger charge is 2.79. The minimum atomic E-state index is 0.458. The fraction of sp³-hybridized carbons (Fsp3) is 0.161. The Kier molecular flexibility index (Phi) is 7.27. The van der Waals surface area contributed by atoms with Gasteiger partial charge in [-0.25, -0.2) is 0 Å². The van der Waals surface area contributed by atoms with E-state index in [-0.39, 0.29) is 0 Å². The van der Waals surface area contributed by atoms with Crippen molar-refractivity contribution >= 4 is 71.6 Å². The summed E-state index contributed by atoms with van der Waals surface area (Å²) in [5.41, 5.74) is 16.2. The molecule has 0 amide bonds. The van der Waals surface area contributed by atoms with E-state index < -0.39 is 0 Å². The van der Waals surface area contributed by atoms with Crippen molar-refractivity contribution in [3.8, 4) is 27.9 Å². The molecular formula is C62H46N2O. The van der Waals surface area contributed by atoms with Gasteiger partial charge in [-0.1, -0.05) is 121 Å². The predicted octanol–water partition coefficient (Wildman–Crippen LogP) is 16.7. The van der Waals surface area contributed by atoms with Crippen molar-refractivity contribution in [1.29, 1.82) is 0 Å². The molecule has 3 heteroatoms. The van der Waals surface area contributed by atoms with Crippen LogP contribution in [0.4, 0.5) is 17.1 Å². The number of para-hydroxylation sites is 2. The largest absolute Gasteiger partial charge is 0.456 e. The molecule has 5 saturated carbocycles. The topological polar surface area (TPSA) is 21.3 Å². The Morgan fingerprint density at radius 3 is 1.89 bits per heavy atom. The summed E-state index contributed by atoms with van der Waals surface area (Å²) in [6, 6.07) is 74.0. The molecule has 5 aliphatic carbocycles. The van der Waals surface area contributed by atoms with Gasteiger partial charge in [0.2, 0.25) is 0 Å². The SMILES string of the molecule is c1cc(-c2ccc(N(c3ccc(-c4ccc(C56C[C@@H]7CC8C[C@]5(C7)[C@@H]8C6)cc4)cc3)c3ccc4c(c3)oc3ccccc34)cc2)cc(-n2c3ccccc3c3cc4ccccc4cc32)c1. The van der Waals surface area contributed by atoms with Crippen LogP contribution in [0.25, 0.3) is 82.5 Å². The lowest BCUT2D eigenvalue weighted by Gasteiger charge is -2.73. The predicted molar refractivity (Wildman–Crippen MR) is 269 cm³/mol. The molecule has 310 valence electrons. The van der Waals surface area contributed by atoms with Gasteiger partial charge >= 0.3 is 0 Å². The van der Waals surface area contributed by atoms with Crippen molar-refractivity contribution in [2.45, 2.75) is 37.5 Å². The van der Waals surface area contributed by atoms with Crippen LogP contribution < -0.4 is 4.90 Å². The number of nitrogens with zero attached hydrogens (tertiary/aromatic N) is 2. The minimum absolute atomic E-state index is 0.458. The number of anilines is 3. The Balaban J connectivity index is 0.788. The van der Waals surface area contributed by atoms with Crippen LogP contribution in [0.3, 0.4) is 0 Å². The third kappa shape index (κ3) is 5.01. The van der Waals surface area contributed by atoms with Crippen LogP contribution in [0.1, 0.15) is 37.7 Å². The second kappa shape index (κ2) is 13.1. The number of furan rings is 1. The molecule has 2 heterocycles. The number of fused-ring (bicyclic) bond motifs is 7. The van der Waals surface area contributed by atoms with Crippen LogP contribution >= 0.6 is 0 Å². The molecule has 5 fully saturated rings. The first-order valence-electron chi connectivity index (χ1n) is 23.6. The summed E-state index contributed by atoms with van der Waals surface area (Å²) in [6.45, 7) is 0. The monoisotopic (exact) mass is 834 g/mol. The Bertz CT molecular complexity index is 3730. The van der Waals surface area contributed by atoms with Crippen LogP contribution in [0, 0.1) is 23.2 Å². The van der Waals surface area contributed by atoms with E-state index in [0.717, 1.165) is 62.4 Å². The van der Waals surface area contributed by atoms with Gasteiger partial charge < -0.3 is 13.9 Å². The summed E-state index contributed by atoms with van der Waals surface area (Å²) in [6.07, 6.45) is 7.36. The van der Waals surface area contributed by atoms with Crippen molar-refractivity contribution in [3.05, 3.63) is 206 Å². The molecule has 0 N–H and O–H groups in total. The summed E-state index contributed by atoms with van der Waals surface area (Å²) in [4.78, 5) is 2.36. The van der Waals surface area contributed by atoms with Crippen LogP contribution in [-0.4, -0.2) is 4.57 Å². The van der Waals surface area contributed by atoms with E-state index in [9.17, 15) is 0 Å².